The van der Waals surface area contributed by atoms with Gasteiger partial charge in [-0.1, -0.05) is 42.5 Å². The lowest BCUT2D eigenvalue weighted by atomic mass is 10.1. The highest BCUT2D eigenvalue weighted by atomic mass is 16.4. The molecule has 0 saturated heterocycles. The molecule has 4 heterocycles. The smallest absolute Gasteiger partial charge is 0.292 e. The van der Waals surface area contributed by atoms with E-state index in [4.69, 9.17) is 21.0 Å². The van der Waals surface area contributed by atoms with Gasteiger partial charge in [0.1, 0.15) is 23.4 Å². The van der Waals surface area contributed by atoms with Crippen molar-refractivity contribution in [3.63, 3.8) is 0 Å². The Labute approximate surface area is 221 Å². The van der Waals surface area contributed by atoms with Gasteiger partial charge in [0, 0.05) is 16.9 Å². The first-order valence-corrected chi connectivity index (χ1v) is 12.3. The monoisotopic (exact) mass is 514 g/mol. The minimum Gasteiger partial charge on any atom is -0.424 e. The highest BCUT2D eigenvalue weighted by molar-refractivity contribution is 5.99. The van der Waals surface area contributed by atoms with Gasteiger partial charge in [-0.05, 0) is 48.2 Å². The van der Waals surface area contributed by atoms with Crippen LogP contribution in [0.5, 0.6) is 0 Å². The lowest BCUT2D eigenvalue weighted by Crippen LogP contribution is -2.24. The van der Waals surface area contributed by atoms with Crippen LogP contribution in [-0.2, 0) is 6.54 Å². The molecule has 0 bridgehead atoms. The number of rotatable bonds is 4. The number of aromatic nitrogens is 6. The zero-order valence-electron chi connectivity index (χ0n) is 20.9. The molecule has 0 radical (unpaired) electrons. The van der Waals surface area contributed by atoms with E-state index >= 15 is 0 Å². The maximum atomic E-state index is 13.9. The van der Waals surface area contributed by atoms with Gasteiger partial charge in [0.15, 0.2) is 11.2 Å². The summed E-state index contributed by atoms with van der Waals surface area (Å²) in [6.45, 7) is 2.21. The minimum absolute atomic E-state index is 0.0887. The van der Waals surface area contributed by atoms with Gasteiger partial charge in [-0.3, -0.25) is 9.36 Å². The van der Waals surface area contributed by atoms with Crippen LogP contribution in [0.25, 0.3) is 49.9 Å². The molecule has 7 rings (SSSR count). The van der Waals surface area contributed by atoms with E-state index in [1.807, 2.05) is 79.7 Å². The summed E-state index contributed by atoms with van der Waals surface area (Å²) in [5.41, 5.74) is 17.5. The average molecular weight is 515 g/mol. The third-order valence-corrected chi connectivity index (χ3v) is 6.89. The van der Waals surface area contributed by atoms with Crippen LogP contribution in [-0.4, -0.2) is 29.3 Å². The molecular formula is C29H22N8O2. The van der Waals surface area contributed by atoms with Crippen molar-refractivity contribution < 1.29 is 4.42 Å². The summed E-state index contributed by atoms with van der Waals surface area (Å²) in [4.78, 5) is 26.8. The number of nitrogens with two attached hydrogens (primary N) is 2. The number of nitrogens with zero attached hydrogens (tertiary/aromatic N) is 6. The number of hydrogen-bond acceptors (Lipinski definition) is 8. The minimum atomic E-state index is -0.0917. The van der Waals surface area contributed by atoms with E-state index in [1.54, 1.807) is 9.25 Å². The van der Waals surface area contributed by atoms with Gasteiger partial charge in [0.25, 0.3) is 11.6 Å². The summed E-state index contributed by atoms with van der Waals surface area (Å²) < 4.78 is 9.01. The Bertz CT molecular complexity index is 2110. The van der Waals surface area contributed by atoms with Gasteiger partial charge < -0.3 is 15.9 Å². The van der Waals surface area contributed by atoms with Crippen LogP contribution in [0.4, 0.5) is 11.8 Å². The van der Waals surface area contributed by atoms with Gasteiger partial charge in [-0.25, -0.2) is 14.6 Å². The summed E-state index contributed by atoms with van der Waals surface area (Å²) in [5.74, 6) is 0.299. The molecule has 0 fully saturated rings. The van der Waals surface area contributed by atoms with Crippen LogP contribution >= 0.6 is 0 Å². The van der Waals surface area contributed by atoms with Crippen LogP contribution < -0.4 is 17.0 Å². The third kappa shape index (κ3) is 3.61. The summed E-state index contributed by atoms with van der Waals surface area (Å²) in [6, 6.07) is 23.1. The lowest BCUT2D eigenvalue weighted by Gasteiger charge is -2.16. The van der Waals surface area contributed by atoms with Crippen LogP contribution in [0, 0.1) is 6.92 Å². The van der Waals surface area contributed by atoms with E-state index < -0.39 is 0 Å². The summed E-state index contributed by atoms with van der Waals surface area (Å²) in [6.07, 6.45) is 1.41. The zero-order valence-corrected chi connectivity index (χ0v) is 20.9. The van der Waals surface area contributed by atoms with E-state index in [0.717, 1.165) is 27.9 Å². The van der Waals surface area contributed by atoms with Crippen molar-refractivity contribution in [2.75, 3.05) is 11.5 Å². The third-order valence-electron chi connectivity index (χ3n) is 6.89. The highest BCUT2D eigenvalue weighted by Gasteiger charge is 2.20. The van der Waals surface area contributed by atoms with Gasteiger partial charge in [0.2, 0.25) is 0 Å². The van der Waals surface area contributed by atoms with Crippen LogP contribution in [0.3, 0.4) is 0 Å². The quantitative estimate of drug-likeness (QED) is 0.350. The van der Waals surface area contributed by atoms with Crippen LogP contribution in [0.15, 0.2) is 88.3 Å². The molecule has 0 aliphatic heterocycles. The van der Waals surface area contributed by atoms with Gasteiger partial charge in [-0.15, -0.1) is 0 Å². The fourth-order valence-electron chi connectivity index (χ4n) is 5.15. The van der Waals surface area contributed by atoms with Gasteiger partial charge in [-0.2, -0.15) is 10.1 Å². The molecule has 39 heavy (non-hydrogen) atoms. The molecule has 0 amide bonds. The Kier molecular flexibility index (Phi) is 4.95. The molecule has 0 atom stereocenters. The maximum Gasteiger partial charge on any atom is 0.292 e. The van der Waals surface area contributed by atoms with Crippen molar-refractivity contribution in [1.82, 2.24) is 29.3 Å². The number of aryl methyl sites for hydroxylation is 1. The molecule has 0 unspecified atom stereocenters. The molecule has 0 spiro atoms. The largest absolute Gasteiger partial charge is 0.424 e. The highest BCUT2D eigenvalue weighted by Crippen LogP contribution is 2.33. The van der Waals surface area contributed by atoms with Crippen molar-refractivity contribution in [2.24, 2.45) is 0 Å². The Morgan fingerprint density at radius 2 is 1.77 bits per heavy atom. The molecular weight excluding hydrogens is 492 g/mol. The molecule has 4 aromatic heterocycles. The molecule has 10 heteroatoms. The average Bonchev–Trinajstić information content (AvgIpc) is 3.49. The number of hydrogen-bond donors (Lipinski definition) is 2. The standard InChI is InChI=1S/C29H22N8O2/c1-16-6-5-7-17-12-20(37(28(38)23(16)17)19-8-3-2-4-9-19)14-36-27-24(26(30)32-15-33-27)25(35-36)18-10-11-21-22(13-18)39-29(31)34-21/h2-13,15H,14H2,1H3,(H2,31,34)(H2,30,32,33). The Morgan fingerprint density at radius 1 is 0.923 bits per heavy atom. The van der Waals surface area contributed by atoms with Crippen molar-refractivity contribution in [1.29, 1.82) is 0 Å². The maximum absolute atomic E-state index is 13.9. The molecule has 4 N–H and O–H groups in total. The SMILES string of the molecule is Cc1cccc2cc(Cn3nc(-c4ccc5nc(N)oc5c4)c4c(N)ncnc43)n(-c3ccccc3)c(=O)c12. The van der Waals surface area contributed by atoms with E-state index in [1.165, 1.54) is 6.33 Å². The first-order chi connectivity index (χ1) is 19.0. The fraction of sp³-hybridized carbons (Fsp3) is 0.0690. The number of para-hydroxylation sites is 1. The predicted octanol–water partition coefficient (Wildman–Crippen LogP) is 4.46. The number of nitrogen functional groups attached to an aromatic ring is 2. The predicted molar refractivity (Wildman–Crippen MR) is 151 cm³/mol. The van der Waals surface area contributed by atoms with Gasteiger partial charge in [0.05, 0.1) is 17.3 Å². The van der Waals surface area contributed by atoms with Crippen molar-refractivity contribution in [3.05, 3.63) is 101 Å². The number of oxazole rings is 1. The van der Waals surface area contributed by atoms with Gasteiger partial charge >= 0.3 is 0 Å². The van der Waals surface area contributed by atoms with E-state index in [0.29, 0.717) is 39.0 Å². The molecule has 7 aromatic rings. The normalized spacial score (nSPS) is 11.6. The van der Waals surface area contributed by atoms with E-state index in [2.05, 4.69) is 15.0 Å². The van der Waals surface area contributed by atoms with Crippen LogP contribution in [0.2, 0.25) is 0 Å². The summed E-state index contributed by atoms with van der Waals surface area (Å²) in [7, 11) is 0. The summed E-state index contributed by atoms with van der Waals surface area (Å²) >= 11 is 0. The number of anilines is 2. The fourth-order valence-corrected chi connectivity index (χ4v) is 5.15. The second-order valence-electron chi connectivity index (χ2n) is 9.35. The second kappa shape index (κ2) is 8.52. The first-order valence-electron chi connectivity index (χ1n) is 12.3. The molecule has 0 aliphatic carbocycles. The molecule has 3 aromatic carbocycles. The molecule has 0 aliphatic rings. The molecule has 10 nitrogen and oxygen atoms in total. The molecule has 0 saturated carbocycles. The first kappa shape index (κ1) is 22.7. The summed E-state index contributed by atoms with van der Waals surface area (Å²) in [5, 5.41) is 7.07. The zero-order chi connectivity index (χ0) is 26.7. The Morgan fingerprint density at radius 3 is 2.62 bits per heavy atom. The lowest BCUT2D eigenvalue weighted by molar-refractivity contribution is 0.626. The van der Waals surface area contributed by atoms with E-state index in [-0.39, 0.29) is 18.1 Å². The van der Waals surface area contributed by atoms with Crippen LogP contribution in [0.1, 0.15) is 11.3 Å². The Hall–Kier alpha value is -5.51. The number of benzene rings is 3. The van der Waals surface area contributed by atoms with Crippen molar-refractivity contribution >= 4 is 44.7 Å². The number of pyridine rings is 1. The van der Waals surface area contributed by atoms with Crippen molar-refractivity contribution in [3.8, 4) is 16.9 Å². The van der Waals surface area contributed by atoms with E-state index in [9.17, 15) is 4.79 Å². The second-order valence-corrected chi connectivity index (χ2v) is 9.35. The number of fused-ring (bicyclic) bond motifs is 3. The molecule has 190 valence electrons. The Balaban J connectivity index is 1.46. The topological polar surface area (TPSA) is 144 Å². The van der Waals surface area contributed by atoms with Crippen molar-refractivity contribution in [2.45, 2.75) is 13.5 Å².